The van der Waals surface area contributed by atoms with Crippen LogP contribution >= 0.6 is 0 Å². The molecule has 2 aliphatic rings. The fourth-order valence-electron chi connectivity index (χ4n) is 3.53. The Hall–Kier alpha value is -2.69. The minimum absolute atomic E-state index is 0.0309. The summed E-state index contributed by atoms with van der Waals surface area (Å²) in [5.74, 6) is -3.55. The van der Waals surface area contributed by atoms with Crippen LogP contribution in [0.25, 0.3) is 0 Å². The number of nitrogens with one attached hydrogen (secondary N) is 3. The second-order valence-electron chi connectivity index (χ2n) is 8.08. The Bertz CT molecular complexity index is 855. The van der Waals surface area contributed by atoms with E-state index in [0.29, 0.717) is 12.1 Å². The smallest absolute Gasteiger partial charge is 0.356 e. The van der Waals surface area contributed by atoms with Gasteiger partial charge in [0.2, 0.25) is 17.7 Å². The summed E-state index contributed by atoms with van der Waals surface area (Å²) in [5, 5.41) is 7.13. The standard InChI is InChI=1S/C20H24F4N4O3/c21-13-4-1-12(2-5-13)3-6-15(29)27-19(17(31)26-10-9-25)11-14(19)16(30)28-18(7-8-18)20(22,23)24/h1-2,4-5,14H,3,6-11,25H2,(H,26,31)(H,27,29)(H,28,30)/p+1. The predicted octanol–water partition coefficient (Wildman–Crippen LogP) is 0.202. The molecule has 0 radical (unpaired) electrons. The second kappa shape index (κ2) is 8.45. The van der Waals surface area contributed by atoms with Gasteiger partial charge in [0.15, 0.2) is 0 Å². The lowest BCUT2D eigenvalue weighted by molar-refractivity contribution is -0.364. The molecule has 3 rings (SSSR count). The number of alkyl halides is 3. The Morgan fingerprint density at radius 2 is 1.74 bits per heavy atom. The van der Waals surface area contributed by atoms with Gasteiger partial charge in [-0.1, -0.05) is 12.1 Å². The summed E-state index contributed by atoms with van der Waals surface area (Å²) in [6.07, 6.45) is -4.83. The molecule has 0 bridgehead atoms. The molecule has 0 heterocycles. The highest BCUT2D eigenvalue weighted by atomic mass is 19.4. The van der Waals surface area contributed by atoms with Crippen LogP contribution in [0.2, 0.25) is 0 Å². The van der Waals surface area contributed by atoms with Gasteiger partial charge in [0.25, 0.3) is 0 Å². The van der Waals surface area contributed by atoms with Crippen molar-refractivity contribution in [3.63, 3.8) is 0 Å². The van der Waals surface area contributed by atoms with Crippen molar-refractivity contribution in [3.8, 4) is 0 Å². The SMILES string of the molecule is [NH3+]CCNC(=O)C1(NC(=O)CCc2ccc(F)cc2)CC1C(=O)NC1(C(F)(F)F)CC1. The first kappa shape index (κ1) is 23.0. The van der Waals surface area contributed by atoms with Gasteiger partial charge < -0.3 is 21.7 Å². The minimum Gasteiger partial charge on any atom is -0.356 e. The molecule has 31 heavy (non-hydrogen) atoms. The number of carbonyl (C=O) groups excluding carboxylic acids is 3. The maximum Gasteiger partial charge on any atom is 0.411 e. The van der Waals surface area contributed by atoms with E-state index >= 15 is 0 Å². The van der Waals surface area contributed by atoms with Crippen molar-refractivity contribution < 1.29 is 37.7 Å². The highest BCUT2D eigenvalue weighted by Crippen LogP contribution is 2.51. The van der Waals surface area contributed by atoms with Crippen LogP contribution < -0.4 is 21.7 Å². The molecule has 3 amide bonds. The number of aryl methyl sites for hydroxylation is 1. The van der Waals surface area contributed by atoms with Crippen molar-refractivity contribution >= 4 is 17.7 Å². The number of quaternary nitrogens is 1. The molecular weight excluding hydrogens is 420 g/mol. The fraction of sp³-hybridized carbons (Fsp3) is 0.550. The average Bonchev–Trinajstić information content (AvgIpc) is 3.61. The van der Waals surface area contributed by atoms with E-state index < -0.39 is 46.7 Å². The van der Waals surface area contributed by atoms with Gasteiger partial charge in [-0.3, -0.25) is 14.4 Å². The summed E-state index contributed by atoms with van der Waals surface area (Å²) >= 11 is 0. The van der Waals surface area contributed by atoms with E-state index in [4.69, 9.17) is 0 Å². The van der Waals surface area contributed by atoms with E-state index in [1.807, 2.05) is 5.32 Å². The van der Waals surface area contributed by atoms with Crippen LogP contribution in [0.1, 0.15) is 31.2 Å². The van der Waals surface area contributed by atoms with E-state index in [0.717, 1.165) is 0 Å². The van der Waals surface area contributed by atoms with Gasteiger partial charge in [0.1, 0.15) is 16.9 Å². The molecule has 7 nitrogen and oxygen atoms in total. The first-order valence-corrected chi connectivity index (χ1v) is 10.0. The van der Waals surface area contributed by atoms with E-state index in [2.05, 4.69) is 16.4 Å². The van der Waals surface area contributed by atoms with Crippen LogP contribution in [0.4, 0.5) is 17.6 Å². The Morgan fingerprint density at radius 1 is 1.10 bits per heavy atom. The van der Waals surface area contributed by atoms with Crippen LogP contribution in [0, 0.1) is 11.7 Å². The van der Waals surface area contributed by atoms with Crippen LogP contribution in [0.15, 0.2) is 24.3 Å². The number of halogens is 4. The molecule has 0 aromatic heterocycles. The molecule has 0 spiro atoms. The molecular formula is C20H25F4N4O3+. The molecule has 0 aliphatic heterocycles. The average molecular weight is 445 g/mol. The van der Waals surface area contributed by atoms with Crippen LogP contribution in [0.3, 0.4) is 0 Å². The number of hydrogen-bond acceptors (Lipinski definition) is 3. The Morgan fingerprint density at radius 3 is 2.29 bits per heavy atom. The number of rotatable bonds is 9. The Balaban J connectivity index is 1.64. The highest BCUT2D eigenvalue weighted by Gasteiger charge is 2.69. The van der Waals surface area contributed by atoms with E-state index in [-0.39, 0.29) is 38.6 Å². The van der Waals surface area contributed by atoms with Gasteiger partial charge in [-0.2, -0.15) is 13.2 Å². The van der Waals surface area contributed by atoms with Crippen molar-refractivity contribution in [1.29, 1.82) is 0 Å². The molecule has 6 N–H and O–H groups in total. The first-order chi connectivity index (χ1) is 14.5. The Kier molecular flexibility index (Phi) is 6.26. The lowest BCUT2D eigenvalue weighted by Crippen LogP contribution is -2.58. The topological polar surface area (TPSA) is 115 Å². The quantitative estimate of drug-likeness (QED) is 0.407. The summed E-state index contributed by atoms with van der Waals surface area (Å²) in [6, 6.07) is 5.57. The molecule has 2 atom stereocenters. The Labute approximate surface area is 176 Å². The summed E-state index contributed by atoms with van der Waals surface area (Å²) in [6.45, 7) is 0.571. The monoisotopic (exact) mass is 445 g/mol. The molecule has 11 heteroatoms. The summed E-state index contributed by atoms with van der Waals surface area (Å²) in [4.78, 5) is 37.6. The van der Waals surface area contributed by atoms with Crippen LogP contribution in [-0.2, 0) is 20.8 Å². The van der Waals surface area contributed by atoms with Crippen LogP contribution in [-0.4, -0.2) is 48.1 Å². The van der Waals surface area contributed by atoms with Gasteiger partial charge in [0, 0.05) is 6.42 Å². The van der Waals surface area contributed by atoms with Crippen LogP contribution in [0.5, 0.6) is 0 Å². The summed E-state index contributed by atoms with van der Waals surface area (Å²) < 4.78 is 52.5. The van der Waals surface area contributed by atoms with Crippen molar-refractivity contribution in [2.75, 3.05) is 13.1 Å². The van der Waals surface area contributed by atoms with E-state index in [9.17, 15) is 31.9 Å². The summed E-state index contributed by atoms with van der Waals surface area (Å²) in [5.41, 5.74) is 0.478. The molecule has 0 saturated heterocycles. The molecule has 1 aromatic carbocycles. The van der Waals surface area contributed by atoms with Gasteiger partial charge in [-0.25, -0.2) is 4.39 Å². The molecule has 1 aromatic rings. The lowest BCUT2D eigenvalue weighted by atomic mass is 10.1. The molecule has 2 aliphatic carbocycles. The van der Waals surface area contributed by atoms with Gasteiger partial charge in [-0.05, 0) is 43.4 Å². The maximum absolute atomic E-state index is 13.2. The number of amides is 3. The number of hydrogen-bond donors (Lipinski definition) is 4. The van der Waals surface area contributed by atoms with Crippen molar-refractivity contribution in [2.45, 2.75) is 49.4 Å². The third-order valence-electron chi connectivity index (χ3n) is 5.72. The normalized spacial score (nSPS) is 23.6. The van der Waals surface area contributed by atoms with Gasteiger partial charge in [0.05, 0.1) is 19.0 Å². The molecule has 170 valence electrons. The summed E-state index contributed by atoms with van der Waals surface area (Å²) in [7, 11) is 0. The van der Waals surface area contributed by atoms with Crippen molar-refractivity contribution in [2.24, 2.45) is 5.92 Å². The minimum atomic E-state index is -4.57. The predicted molar refractivity (Wildman–Crippen MR) is 101 cm³/mol. The molecule has 2 fully saturated rings. The first-order valence-electron chi connectivity index (χ1n) is 10.0. The van der Waals surface area contributed by atoms with Crippen molar-refractivity contribution in [1.82, 2.24) is 16.0 Å². The number of benzene rings is 1. The second-order valence-corrected chi connectivity index (χ2v) is 8.08. The highest BCUT2D eigenvalue weighted by molar-refractivity contribution is 6.02. The zero-order valence-electron chi connectivity index (χ0n) is 16.8. The lowest BCUT2D eigenvalue weighted by Gasteiger charge is -2.23. The van der Waals surface area contributed by atoms with Gasteiger partial charge in [-0.15, -0.1) is 0 Å². The largest absolute Gasteiger partial charge is 0.411 e. The fourth-order valence-corrected chi connectivity index (χ4v) is 3.53. The van der Waals surface area contributed by atoms with Crippen molar-refractivity contribution in [3.05, 3.63) is 35.6 Å². The maximum atomic E-state index is 13.2. The zero-order valence-corrected chi connectivity index (χ0v) is 16.8. The van der Waals surface area contributed by atoms with E-state index in [1.165, 1.54) is 24.3 Å². The third kappa shape index (κ3) is 4.97. The number of carbonyl (C=O) groups is 3. The zero-order chi connectivity index (χ0) is 22.9. The molecule has 2 saturated carbocycles. The van der Waals surface area contributed by atoms with E-state index in [1.54, 1.807) is 0 Å². The molecule has 2 unspecified atom stereocenters. The van der Waals surface area contributed by atoms with Gasteiger partial charge >= 0.3 is 6.18 Å². The third-order valence-corrected chi connectivity index (χ3v) is 5.72.